The molecule has 2 aromatic carbocycles. The molecule has 0 aromatic heterocycles. The first kappa shape index (κ1) is 13.3. The largest absolute Gasteiger partial charge is 0.384 e. The maximum absolute atomic E-state index is 10.4. The van der Waals surface area contributed by atoms with Crippen molar-refractivity contribution in [1.82, 2.24) is 0 Å². The van der Waals surface area contributed by atoms with Crippen LogP contribution in [0.3, 0.4) is 0 Å². The van der Waals surface area contributed by atoms with Gasteiger partial charge in [-0.25, -0.2) is 0 Å². The molecule has 0 amide bonds. The molecule has 2 heteroatoms. The summed E-state index contributed by atoms with van der Waals surface area (Å²) in [5.41, 5.74) is 4.28. The van der Waals surface area contributed by atoms with E-state index >= 15 is 0 Å². The Balaban J connectivity index is 2.34. The quantitative estimate of drug-likeness (QED) is 0.891. The Kier molecular flexibility index (Phi) is 4.20. The third-order valence-corrected chi connectivity index (χ3v) is 4.06. The van der Waals surface area contributed by atoms with Crippen molar-refractivity contribution in [2.24, 2.45) is 0 Å². The smallest absolute Gasteiger partial charge is 0.104 e. The van der Waals surface area contributed by atoms with Gasteiger partial charge in [0.1, 0.15) is 6.10 Å². The molecule has 0 aliphatic carbocycles. The van der Waals surface area contributed by atoms with E-state index in [2.05, 4.69) is 35.0 Å². The lowest BCUT2D eigenvalue weighted by Crippen LogP contribution is -2.00. The van der Waals surface area contributed by atoms with Gasteiger partial charge in [0.05, 0.1) is 0 Å². The van der Waals surface area contributed by atoms with Crippen LogP contribution in [0.1, 0.15) is 35.3 Å². The number of halogens is 1. The summed E-state index contributed by atoms with van der Waals surface area (Å²) in [5, 5.41) is 10.4. The number of hydrogen-bond donors (Lipinski definition) is 1. The van der Waals surface area contributed by atoms with Crippen LogP contribution >= 0.6 is 15.9 Å². The van der Waals surface area contributed by atoms with Crippen molar-refractivity contribution in [3.05, 3.63) is 69.2 Å². The lowest BCUT2D eigenvalue weighted by molar-refractivity contribution is 0.220. The molecular weight excluding hydrogens is 288 g/mol. The second-order valence-corrected chi connectivity index (χ2v) is 5.36. The molecule has 0 spiro atoms. The van der Waals surface area contributed by atoms with Crippen LogP contribution in [0.5, 0.6) is 0 Å². The SMILES string of the molecule is CCc1cccc(C(O)c2ccc(Br)c(C)c2)c1. The maximum Gasteiger partial charge on any atom is 0.104 e. The van der Waals surface area contributed by atoms with Crippen molar-refractivity contribution in [2.45, 2.75) is 26.4 Å². The average molecular weight is 305 g/mol. The fourth-order valence-corrected chi connectivity index (χ4v) is 2.26. The molecule has 0 saturated heterocycles. The molecule has 0 bridgehead atoms. The maximum atomic E-state index is 10.4. The van der Waals surface area contributed by atoms with Gasteiger partial charge in [0.25, 0.3) is 0 Å². The Hall–Kier alpha value is -1.12. The van der Waals surface area contributed by atoms with E-state index < -0.39 is 6.10 Å². The molecule has 1 unspecified atom stereocenters. The summed E-state index contributed by atoms with van der Waals surface area (Å²) in [6, 6.07) is 14.1. The first-order valence-electron chi connectivity index (χ1n) is 6.14. The fourth-order valence-electron chi connectivity index (χ4n) is 2.01. The lowest BCUT2D eigenvalue weighted by atomic mass is 9.98. The zero-order chi connectivity index (χ0) is 13.1. The molecule has 1 nitrogen and oxygen atoms in total. The zero-order valence-corrected chi connectivity index (χ0v) is 12.2. The lowest BCUT2D eigenvalue weighted by Gasteiger charge is -2.13. The highest BCUT2D eigenvalue weighted by atomic mass is 79.9. The summed E-state index contributed by atoms with van der Waals surface area (Å²) in [6.45, 7) is 4.15. The van der Waals surface area contributed by atoms with Crippen LogP contribution in [0.2, 0.25) is 0 Å². The van der Waals surface area contributed by atoms with Gasteiger partial charge in [-0.15, -0.1) is 0 Å². The molecule has 1 N–H and O–H groups in total. The first-order chi connectivity index (χ1) is 8.61. The monoisotopic (exact) mass is 304 g/mol. The van der Waals surface area contributed by atoms with Gasteiger partial charge in [-0.2, -0.15) is 0 Å². The van der Waals surface area contributed by atoms with Gasteiger partial charge in [-0.05, 0) is 41.7 Å². The zero-order valence-electron chi connectivity index (χ0n) is 10.7. The predicted octanol–water partition coefficient (Wildman–Crippen LogP) is 4.40. The summed E-state index contributed by atoms with van der Waals surface area (Å²) in [7, 11) is 0. The molecule has 0 heterocycles. The predicted molar refractivity (Wildman–Crippen MR) is 78.8 cm³/mol. The van der Waals surface area contributed by atoms with Gasteiger partial charge in [-0.3, -0.25) is 0 Å². The van der Waals surface area contributed by atoms with Gasteiger partial charge in [0.15, 0.2) is 0 Å². The molecule has 0 aliphatic rings. The van der Waals surface area contributed by atoms with Crippen molar-refractivity contribution in [2.75, 3.05) is 0 Å². The second-order valence-electron chi connectivity index (χ2n) is 4.51. The Bertz CT molecular complexity index is 549. The van der Waals surface area contributed by atoms with E-state index in [9.17, 15) is 5.11 Å². The van der Waals surface area contributed by atoms with Gasteiger partial charge in [0, 0.05) is 4.47 Å². The minimum absolute atomic E-state index is 0.553. The molecule has 2 rings (SSSR count). The van der Waals surface area contributed by atoms with Crippen molar-refractivity contribution < 1.29 is 5.11 Å². The number of rotatable bonds is 3. The van der Waals surface area contributed by atoms with Crippen LogP contribution in [-0.4, -0.2) is 5.11 Å². The summed E-state index contributed by atoms with van der Waals surface area (Å²) >= 11 is 3.48. The summed E-state index contributed by atoms with van der Waals surface area (Å²) in [6.07, 6.45) is 0.434. The van der Waals surface area contributed by atoms with Crippen molar-refractivity contribution in [3.8, 4) is 0 Å². The highest BCUT2D eigenvalue weighted by Crippen LogP contribution is 2.26. The molecule has 2 aromatic rings. The van der Waals surface area contributed by atoms with E-state index in [4.69, 9.17) is 0 Å². The standard InChI is InChI=1S/C16H17BrO/c1-3-12-5-4-6-13(10-12)16(18)14-7-8-15(17)11(2)9-14/h4-10,16,18H,3H2,1-2H3. The molecule has 0 radical (unpaired) electrons. The first-order valence-corrected chi connectivity index (χ1v) is 6.94. The van der Waals surface area contributed by atoms with Gasteiger partial charge in [0.2, 0.25) is 0 Å². The van der Waals surface area contributed by atoms with Crippen molar-refractivity contribution >= 4 is 15.9 Å². The number of aryl methyl sites for hydroxylation is 2. The minimum atomic E-state index is -0.553. The minimum Gasteiger partial charge on any atom is -0.384 e. The summed E-state index contributed by atoms with van der Waals surface area (Å²) in [4.78, 5) is 0. The topological polar surface area (TPSA) is 20.2 Å². The van der Waals surface area contributed by atoms with Gasteiger partial charge < -0.3 is 5.11 Å². The number of hydrogen-bond acceptors (Lipinski definition) is 1. The van der Waals surface area contributed by atoms with Crippen LogP contribution in [0, 0.1) is 6.92 Å². The van der Waals surface area contributed by atoms with Crippen LogP contribution in [0.4, 0.5) is 0 Å². The van der Waals surface area contributed by atoms with Crippen LogP contribution in [0.25, 0.3) is 0 Å². The average Bonchev–Trinajstić information content (AvgIpc) is 2.41. The molecule has 0 fully saturated rings. The molecular formula is C16H17BrO. The molecule has 0 aliphatic heterocycles. The van der Waals surface area contributed by atoms with Gasteiger partial charge in [-0.1, -0.05) is 59.3 Å². The third-order valence-electron chi connectivity index (χ3n) is 3.17. The highest BCUT2D eigenvalue weighted by molar-refractivity contribution is 9.10. The van der Waals surface area contributed by atoms with E-state index in [0.29, 0.717) is 0 Å². The van der Waals surface area contributed by atoms with E-state index in [-0.39, 0.29) is 0 Å². The highest BCUT2D eigenvalue weighted by Gasteiger charge is 2.11. The molecule has 18 heavy (non-hydrogen) atoms. The van der Waals surface area contributed by atoms with Gasteiger partial charge >= 0.3 is 0 Å². The Morgan fingerprint density at radius 1 is 1.11 bits per heavy atom. The number of aliphatic hydroxyl groups is 1. The Morgan fingerprint density at radius 2 is 1.83 bits per heavy atom. The number of aliphatic hydroxyl groups excluding tert-OH is 1. The van der Waals surface area contributed by atoms with E-state index in [1.54, 1.807) is 0 Å². The van der Waals surface area contributed by atoms with E-state index in [1.807, 2.05) is 37.3 Å². The van der Waals surface area contributed by atoms with Crippen LogP contribution in [-0.2, 0) is 6.42 Å². The fraction of sp³-hybridized carbons (Fsp3) is 0.250. The second kappa shape index (κ2) is 5.68. The third kappa shape index (κ3) is 2.82. The van der Waals surface area contributed by atoms with E-state index in [1.165, 1.54) is 5.56 Å². The normalized spacial score (nSPS) is 12.4. The van der Waals surface area contributed by atoms with Crippen LogP contribution in [0.15, 0.2) is 46.9 Å². The molecule has 94 valence electrons. The van der Waals surface area contributed by atoms with E-state index in [0.717, 1.165) is 27.6 Å². The Morgan fingerprint density at radius 3 is 2.50 bits per heavy atom. The Labute approximate surface area is 117 Å². The number of benzene rings is 2. The summed E-state index contributed by atoms with van der Waals surface area (Å²) < 4.78 is 1.07. The van der Waals surface area contributed by atoms with Crippen LogP contribution < -0.4 is 0 Å². The summed E-state index contributed by atoms with van der Waals surface area (Å²) in [5.74, 6) is 0. The van der Waals surface area contributed by atoms with Crippen molar-refractivity contribution in [3.63, 3.8) is 0 Å². The van der Waals surface area contributed by atoms with Crippen molar-refractivity contribution in [1.29, 1.82) is 0 Å². The molecule has 1 atom stereocenters. The molecule has 0 saturated carbocycles.